The van der Waals surface area contributed by atoms with Crippen molar-refractivity contribution in [2.75, 3.05) is 20.3 Å². The van der Waals surface area contributed by atoms with Crippen LogP contribution in [0.4, 0.5) is 13.2 Å². The van der Waals surface area contributed by atoms with Crippen molar-refractivity contribution >= 4 is 8.80 Å². The summed E-state index contributed by atoms with van der Waals surface area (Å²) in [6, 6.07) is 6.15. The maximum atomic E-state index is 12.7. The number of hydrogen-bond acceptors (Lipinski definition) is 3. The van der Waals surface area contributed by atoms with E-state index in [-0.39, 0.29) is 0 Å². The van der Waals surface area contributed by atoms with E-state index in [9.17, 15) is 13.2 Å². The molecule has 0 saturated carbocycles. The van der Waals surface area contributed by atoms with E-state index >= 15 is 0 Å². The minimum Gasteiger partial charge on any atom is -0.377 e. The molecule has 3 nitrogen and oxygen atoms in total. The third-order valence-electron chi connectivity index (χ3n) is 3.49. The van der Waals surface area contributed by atoms with Crippen LogP contribution in [0.25, 0.3) is 0 Å². The van der Waals surface area contributed by atoms with Gasteiger partial charge in [0.15, 0.2) is 0 Å². The monoisotopic (exact) mass is 350 g/mol. The summed E-state index contributed by atoms with van der Waals surface area (Å²) in [5.41, 5.74) is 0.0941. The predicted molar refractivity (Wildman–Crippen MR) is 85.2 cm³/mol. The van der Waals surface area contributed by atoms with Gasteiger partial charge in [0.2, 0.25) is 0 Å². The first-order valence-corrected chi connectivity index (χ1v) is 9.79. The normalized spacial score (nSPS) is 12.6. The fourth-order valence-electron chi connectivity index (χ4n) is 2.42. The third-order valence-corrected chi connectivity index (χ3v) is 6.54. The zero-order chi connectivity index (χ0) is 17.3. The van der Waals surface area contributed by atoms with Gasteiger partial charge >= 0.3 is 15.0 Å². The third kappa shape index (κ3) is 6.62. The van der Waals surface area contributed by atoms with Crippen LogP contribution in [0.15, 0.2) is 24.3 Å². The first-order chi connectivity index (χ1) is 10.9. The van der Waals surface area contributed by atoms with Crippen LogP contribution in [0.2, 0.25) is 6.04 Å². The van der Waals surface area contributed by atoms with E-state index in [1.807, 2.05) is 13.8 Å². The molecule has 0 aliphatic heterocycles. The molecule has 0 spiro atoms. The number of hydrogen-bond donors (Lipinski definition) is 0. The van der Waals surface area contributed by atoms with Gasteiger partial charge < -0.3 is 13.3 Å². The maximum absolute atomic E-state index is 12.7. The summed E-state index contributed by atoms with van der Waals surface area (Å²) in [7, 11) is -1.04. The number of aryl methyl sites for hydroxylation is 1. The summed E-state index contributed by atoms with van der Waals surface area (Å²) in [4.78, 5) is 0. The van der Waals surface area contributed by atoms with Crippen molar-refractivity contribution in [3.63, 3.8) is 0 Å². The zero-order valence-corrected chi connectivity index (χ0v) is 14.9. The van der Waals surface area contributed by atoms with Crippen molar-refractivity contribution in [1.29, 1.82) is 0 Å². The van der Waals surface area contributed by atoms with Crippen molar-refractivity contribution in [3.8, 4) is 0 Å². The highest BCUT2D eigenvalue weighted by atomic mass is 28.4. The highest BCUT2D eigenvalue weighted by molar-refractivity contribution is 6.60. The Bertz CT molecular complexity index is 460. The fraction of sp³-hybridized carbons (Fsp3) is 0.625. The van der Waals surface area contributed by atoms with Crippen molar-refractivity contribution in [1.82, 2.24) is 0 Å². The van der Waals surface area contributed by atoms with Crippen LogP contribution in [0.3, 0.4) is 0 Å². The molecule has 23 heavy (non-hydrogen) atoms. The summed E-state index contributed by atoms with van der Waals surface area (Å²) in [5, 5.41) is 0. The molecule has 0 radical (unpaired) electrons. The van der Waals surface area contributed by atoms with Gasteiger partial charge in [-0.25, -0.2) is 0 Å². The Labute approximate surface area is 137 Å². The molecule has 1 rings (SSSR count). The Morgan fingerprint density at radius 1 is 1.04 bits per heavy atom. The Morgan fingerprint density at radius 2 is 1.70 bits per heavy atom. The molecule has 132 valence electrons. The Kier molecular flexibility index (Phi) is 8.25. The topological polar surface area (TPSA) is 27.7 Å². The van der Waals surface area contributed by atoms with Gasteiger partial charge in [0, 0.05) is 26.4 Å². The molecule has 7 heteroatoms. The van der Waals surface area contributed by atoms with E-state index in [0.29, 0.717) is 31.2 Å². The molecule has 0 N–H and O–H groups in total. The Balaban J connectivity index is 2.53. The first kappa shape index (κ1) is 20.2. The minimum atomic E-state index is -4.29. The van der Waals surface area contributed by atoms with Crippen LogP contribution in [0, 0.1) is 0 Å². The molecule has 0 bridgehead atoms. The van der Waals surface area contributed by atoms with Crippen LogP contribution in [0.1, 0.15) is 37.8 Å². The molecule has 1 aromatic rings. The maximum Gasteiger partial charge on any atom is 0.500 e. The van der Waals surface area contributed by atoms with Crippen LogP contribution in [-0.4, -0.2) is 29.1 Å². The second-order valence-electron chi connectivity index (χ2n) is 5.16. The van der Waals surface area contributed by atoms with Gasteiger partial charge in [-0.1, -0.05) is 18.2 Å². The van der Waals surface area contributed by atoms with Crippen molar-refractivity contribution in [3.05, 3.63) is 35.4 Å². The molecule has 0 aliphatic rings. The smallest absolute Gasteiger partial charge is 0.377 e. The largest absolute Gasteiger partial charge is 0.500 e. The molecule has 1 aromatic carbocycles. The van der Waals surface area contributed by atoms with Gasteiger partial charge in [0.1, 0.15) is 0 Å². The molecule has 0 aliphatic carbocycles. The standard InChI is InChI=1S/C16H25F3O3Si/c1-4-21-23(20-3,22-5-2)12-7-6-9-14-10-8-11-15(13-14)16(17,18)19/h8,10-11,13H,4-7,9,12H2,1-3H3. The molecule has 0 aromatic heterocycles. The average molecular weight is 350 g/mol. The first-order valence-electron chi connectivity index (χ1n) is 7.86. The van der Waals surface area contributed by atoms with Crippen LogP contribution < -0.4 is 0 Å². The van der Waals surface area contributed by atoms with E-state index < -0.39 is 20.5 Å². The van der Waals surface area contributed by atoms with Crippen LogP contribution in [-0.2, 0) is 25.9 Å². The number of benzene rings is 1. The number of unbranched alkanes of at least 4 members (excludes halogenated alkanes) is 1. The summed E-state index contributed by atoms with van der Waals surface area (Å²) >= 11 is 0. The van der Waals surface area contributed by atoms with Gasteiger partial charge in [0.25, 0.3) is 0 Å². The zero-order valence-electron chi connectivity index (χ0n) is 13.9. The lowest BCUT2D eigenvalue weighted by molar-refractivity contribution is -0.137. The fourth-order valence-corrected chi connectivity index (χ4v) is 4.79. The summed E-state index contributed by atoms with van der Waals surface area (Å²) in [6.45, 7) is 4.83. The van der Waals surface area contributed by atoms with Gasteiger partial charge in [-0.05, 0) is 44.7 Å². The van der Waals surface area contributed by atoms with E-state index in [1.165, 1.54) is 12.1 Å². The van der Waals surface area contributed by atoms with Gasteiger partial charge in [-0.2, -0.15) is 13.2 Å². The second kappa shape index (κ2) is 9.41. The molecule has 0 heterocycles. The number of alkyl halides is 3. The van der Waals surface area contributed by atoms with Crippen LogP contribution >= 0.6 is 0 Å². The lowest BCUT2D eigenvalue weighted by atomic mass is 10.1. The quantitative estimate of drug-likeness (QED) is 0.453. The molecule has 0 saturated heterocycles. The Hall–Kier alpha value is -0.893. The Morgan fingerprint density at radius 3 is 2.22 bits per heavy atom. The highest BCUT2D eigenvalue weighted by Crippen LogP contribution is 2.30. The molecule has 0 fully saturated rings. The van der Waals surface area contributed by atoms with Crippen molar-refractivity contribution < 1.29 is 26.4 Å². The molecule has 0 unspecified atom stereocenters. The van der Waals surface area contributed by atoms with Gasteiger partial charge in [-0.15, -0.1) is 0 Å². The van der Waals surface area contributed by atoms with Gasteiger partial charge in [0.05, 0.1) is 5.56 Å². The lowest BCUT2D eigenvalue weighted by Crippen LogP contribution is -2.44. The molecule has 0 atom stereocenters. The lowest BCUT2D eigenvalue weighted by Gasteiger charge is -2.27. The minimum absolute atomic E-state index is 0.522. The highest BCUT2D eigenvalue weighted by Gasteiger charge is 2.38. The molecular weight excluding hydrogens is 325 g/mol. The van der Waals surface area contributed by atoms with Gasteiger partial charge in [-0.3, -0.25) is 0 Å². The number of rotatable bonds is 10. The van der Waals surface area contributed by atoms with E-state index in [4.69, 9.17) is 13.3 Å². The van der Waals surface area contributed by atoms with Crippen molar-refractivity contribution in [2.24, 2.45) is 0 Å². The van der Waals surface area contributed by atoms with Crippen molar-refractivity contribution in [2.45, 2.75) is 45.3 Å². The predicted octanol–water partition coefficient (Wildman–Crippen LogP) is 4.69. The SMILES string of the molecule is CCO[Si](CCCCc1cccc(C(F)(F)F)c1)(OC)OCC. The summed E-state index contributed by atoms with van der Waals surface area (Å²) < 4.78 is 54.9. The van der Waals surface area contributed by atoms with Crippen LogP contribution in [0.5, 0.6) is 0 Å². The molecular formula is C16H25F3O3Si. The number of halogens is 3. The average Bonchev–Trinajstić information content (AvgIpc) is 2.51. The second-order valence-corrected chi connectivity index (χ2v) is 8.01. The van der Waals surface area contributed by atoms with E-state index in [1.54, 1.807) is 13.2 Å². The molecule has 0 amide bonds. The summed E-state index contributed by atoms with van der Waals surface area (Å²) in [6.07, 6.45) is -2.15. The van der Waals surface area contributed by atoms with E-state index in [2.05, 4.69) is 0 Å². The summed E-state index contributed by atoms with van der Waals surface area (Å²) in [5.74, 6) is 0. The van der Waals surface area contributed by atoms with E-state index in [0.717, 1.165) is 18.9 Å².